The molecule has 1 unspecified atom stereocenters. The van der Waals surface area contributed by atoms with Crippen LogP contribution in [0.4, 0.5) is 0 Å². The van der Waals surface area contributed by atoms with Crippen LogP contribution in [-0.4, -0.2) is 49.3 Å². The molecule has 3 N–H and O–H groups in total. The van der Waals surface area contributed by atoms with E-state index in [0.29, 0.717) is 0 Å². The molecule has 0 radical (unpaired) electrons. The van der Waals surface area contributed by atoms with Crippen LogP contribution in [0.1, 0.15) is 26.7 Å². The summed E-state index contributed by atoms with van der Waals surface area (Å²) in [6, 6.07) is 0. The Morgan fingerprint density at radius 2 is 1.76 bits per heavy atom. The minimum Gasteiger partial charge on any atom is -0.462 e. The quantitative estimate of drug-likeness (QED) is 0.407. The number of ether oxygens (including phenoxy) is 2. The SMILES string of the molecule is CCC(=O)OC[C@H](COP(=O)(O)OCCN)OC(=O)CC. The van der Waals surface area contributed by atoms with Gasteiger partial charge in [0.2, 0.25) is 0 Å². The lowest BCUT2D eigenvalue weighted by Gasteiger charge is -2.19. The summed E-state index contributed by atoms with van der Waals surface area (Å²) in [7, 11) is -4.28. The summed E-state index contributed by atoms with van der Waals surface area (Å²) in [5, 5.41) is 0. The summed E-state index contributed by atoms with van der Waals surface area (Å²) >= 11 is 0. The molecule has 21 heavy (non-hydrogen) atoms. The zero-order chi connectivity index (χ0) is 16.3. The van der Waals surface area contributed by atoms with E-state index in [1.807, 2.05) is 0 Å². The zero-order valence-corrected chi connectivity index (χ0v) is 13.0. The lowest BCUT2D eigenvalue weighted by molar-refractivity contribution is -0.160. The van der Waals surface area contributed by atoms with Gasteiger partial charge in [0.25, 0.3) is 0 Å². The van der Waals surface area contributed by atoms with Gasteiger partial charge in [0.05, 0.1) is 13.2 Å². The molecule has 9 nitrogen and oxygen atoms in total. The highest BCUT2D eigenvalue weighted by molar-refractivity contribution is 7.47. The second-order valence-corrected chi connectivity index (χ2v) is 5.34. The van der Waals surface area contributed by atoms with Crippen LogP contribution in [0, 0.1) is 0 Å². The topological polar surface area (TPSA) is 134 Å². The number of carbonyl (C=O) groups excluding carboxylic acids is 2. The highest BCUT2D eigenvalue weighted by atomic mass is 31.2. The number of hydrogen-bond donors (Lipinski definition) is 2. The van der Waals surface area contributed by atoms with Crippen LogP contribution in [-0.2, 0) is 32.7 Å². The Bertz CT molecular complexity index is 375. The fourth-order valence-electron chi connectivity index (χ4n) is 1.06. The third-order valence-corrected chi connectivity index (χ3v) is 3.09. The summed E-state index contributed by atoms with van der Waals surface area (Å²) in [6.07, 6.45) is -0.721. The van der Waals surface area contributed by atoms with Crippen LogP contribution in [0.5, 0.6) is 0 Å². The van der Waals surface area contributed by atoms with E-state index in [1.165, 1.54) is 0 Å². The van der Waals surface area contributed by atoms with Crippen molar-refractivity contribution in [1.82, 2.24) is 0 Å². The van der Waals surface area contributed by atoms with Crippen molar-refractivity contribution < 1.29 is 37.6 Å². The van der Waals surface area contributed by atoms with Gasteiger partial charge in [-0.1, -0.05) is 13.8 Å². The number of rotatable bonds is 11. The van der Waals surface area contributed by atoms with Crippen LogP contribution in [0.3, 0.4) is 0 Å². The van der Waals surface area contributed by atoms with Crippen molar-refractivity contribution in [2.75, 3.05) is 26.4 Å². The summed E-state index contributed by atoms with van der Waals surface area (Å²) in [6.45, 7) is 2.37. The number of carbonyl (C=O) groups is 2. The lowest BCUT2D eigenvalue weighted by atomic mass is 10.4. The maximum Gasteiger partial charge on any atom is 0.472 e. The van der Waals surface area contributed by atoms with E-state index in [4.69, 9.17) is 15.2 Å². The van der Waals surface area contributed by atoms with E-state index in [9.17, 15) is 19.0 Å². The van der Waals surface area contributed by atoms with Crippen molar-refractivity contribution in [2.24, 2.45) is 5.73 Å². The fraction of sp³-hybridized carbons (Fsp3) is 0.818. The van der Waals surface area contributed by atoms with Gasteiger partial charge in [0.1, 0.15) is 6.61 Å². The van der Waals surface area contributed by atoms with Gasteiger partial charge in [-0.2, -0.15) is 0 Å². The lowest BCUT2D eigenvalue weighted by Crippen LogP contribution is -2.29. The highest BCUT2D eigenvalue weighted by Crippen LogP contribution is 2.42. The first-order valence-electron chi connectivity index (χ1n) is 6.51. The average molecular weight is 327 g/mol. The van der Waals surface area contributed by atoms with Crippen LogP contribution in [0.2, 0.25) is 0 Å². The van der Waals surface area contributed by atoms with Crippen LogP contribution in [0.25, 0.3) is 0 Å². The van der Waals surface area contributed by atoms with E-state index >= 15 is 0 Å². The third kappa shape index (κ3) is 10.4. The largest absolute Gasteiger partial charge is 0.472 e. The molecule has 0 aliphatic rings. The van der Waals surface area contributed by atoms with Gasteiger partial charge in [0, 0.05) is 19.4 Å². The first kappa shape index (κ1) is 20.0. The molecule has 2 atom stereocenters. The Kier molecular flexibility index (Phi) is 10.2. The molecular formula is C11H22NO8P. The molecule has 0 aliphatic carbocycles. The predicted molar refractivity (Wildman–Crippen MR) is 72.2 cm³/mol. The molecule has 124 valence electrons. The average Bonchev–Trinajstić information content (AvgIpc) is 2.47. The Balaban J connectivity index is 4.41. The van der Waals surface area contributed by atoms with Crippen molar-refractivity contribution in [2.45, 2.75) is 32.8 Å². The first-order valence-corrected chi connectivity index (χ1v) is 8.01. The molecule has 0 rings (SSSR count). The molecule has 0 saturated carbocycles. The Morgan fingerprint density at radius 3 is 2.29 bits per heavy atom. The molecular weight excluding hydrogens is 305 g/mol. The predicted octanol–water partition coefficient (Wildman–Crippen LogP) is 0.354. The molecule has 0 aromatic heterocycles. The maximum absolute atomic E-state index is 11.4. The standard InChI is InChI=1S/C11H22NO8P/c1-3-10(13)17-7-9(20-11(14)4-2)8-19-21(15,16)18-6-5-12/h9H,3-8,12H2,1-2H3,(H,15,16)/t9-/m1/s1. The van der Waals surface area contributed by atoms with E-state index < -0.39 is 32.5 Å². The van der Waals surface area contributed by atoms with Gasteiger partial charge >= 0.3 is 19.8 Å². The molecule has 0 aliphatic heterocycles. The minimum absolute atomic E-state index is 0.0519. The molecule has 0 heterocycles. The molecule has 0 aromatic rings. The molecule has 0 fully saturated rings. The van der Waals surface area contributed by atoms with E-state index in [-0.39, 0.29) is 32.6 Å². The Morgan fingerprint density at radius 1 is 1.14 bits per heavy atom. The van der Waals surface area contributed by atoms with Crippen molar-refractivity contribution in [3.05, 3.63) is 0 Å². The molecule has 0 aromatic carbocycles. The minimum atomic E-state index is -4.28. The number of phosphoric ester groups is 1. The van der Waals surface area contributed by atoms with Crippen molar-refractivity contribution in [1.29, 1.82) is 0 Å². The summed E-state index contributed by atoms with van der Waals surface area (Å²) in [5.41, 5.74) is 5.13. The Labute approximate surface area is 123 Å². The Hall–Kier alpha value is -0.990. The normalized spacial score (nSPS) is 15.0. The van der Waals surface area contributed by atoms with Gasteiger partial charge in [-0.15, -0.1) is 0 Å². The van der Waals surface area contributed by atoms with Crippen molar-refractivity contribution in [3.63, 3.8) is 0 Å². The smallest absolute Gasteiger partial charge is 0.462 e. The molecule has 0 bridgehead atoms. The monoisotopic (exact) mass is 327 g/mol. The van der Waals surface area contributed by atoms with E-state index in [1.54, 1.807) is 13.8 Å². The van der Waals surface area contributed by atoms with E-state index in [2.05, 4.69) is 9.05 Å². The first-order chi connectivity index (χ1) is 9.84. The van der Waals surface area contributed by atoms with Gasteiger partial charge in [-0.25, -0.2) is 4.57 Å². The van der Waals surface area contributed by atoms with Crippen molar-refractivity contribution in [3.8, 4) is 0 Å². The summed E-state index contributed by atoms with van der Waals surface area (Å²) in [5.74, 6) is -1.04. The number of phosphoric acid groups is 1. The maximum atomic E-state index is 11.4. The third-order valence-electron chi connectivity index (χ3n) is 2.10. The van der Waals surface area contributed by atoms with Gasteiger partial charge < -0.3 is 20.1 Å². The highest BCUT2D eigenvalue weighted by Gasteiger charge is 2.25. The zero-order valence-electron chi connectivity index (χ0n) is 12.1. The summed E-state index contributed by atoms with van der Waals surface area (Å²) in [4.78, 5) is 31.6. The van der Waals surface area contributed by atoms with Crippen LogP contribution < -0.4 is 5.73 Å². The van der Waals surface area contributed by atoms with Gasteiger partial charge in [-0.3, -0.25) is 18.6 Å². The van der Waals surface area contributed by atoms with E-state index in [0.717, 1.165) is 0 Å². The molecule has 0 saturated heterocycles. The second-order valence-electron chi connectivity index (χ2n) is 3.89. The molecule has 0 amide bonds. The fourth-order valence-corrected chi connectivity index (χ4v) is 1.82. The van der Waals surface area contributed by atoms with Crippen LogP contribution >= 0.6 is 7.82 Å². The molecule has 10 heteroatoms. The van der Waals surface area contributed by atoms with Gasteiger partial charge in [-0.05, 0) is 0 Å². The van der Waals surface area contributed by atoms with Gasteiger partial charge in [0.15, 0.2) is 6.10 Å². The number of esters is 2. The second kappa shape index (κ2) is 10.7. The molecule has 0 spiro atoms. The number of nitrogens with two attached hydrogens (primary N) is 1. The number of hydrogen-bond acceptors (Lipinski definition) is 8. The van der Waals surface area contributed by atoms with Crippen LogP contribution in [0.15, 0.2) is 0 Å². The summed E-state index contributed by atoms with van der Waals surface area (Å²) < 4.78 is 30.4. The van der Waals surface area contributed by atoms with Crippen molar-refractivity contribution >= 4 is 19.8 Å².